The number of sulfonamides is 1. The molecular formula is C13H13FN6O5S2. The third-order valence-electron chi connectivity index (χ3n) is 2.93. The molecule has 2 aromatic rings. The van der Waals surface area contributed by atoms with Crippen molar-refractivity contribution in [1.82, 2.24) is 4.98 Å². The van der Waals surface area contributed by atoms with E-state index in [4.69, 9.17) is 16.6 Å². The van der Waals surface area contributed by atoms with E-state index >= 15 is 0 Å². The van der Waals surface area contributed by atoms with E-state index < -0.39 is 44.9 Å². The van der Waals surface area contributed by atoms with Crippen LogP contribution in [0.3, 0.4) is 0 Å². The van der Waals surface area contributed by atoms with Crippen LogP contribution in [0.2, 0.25) is 0 Å². The molecule has 11 nitrogen and oxygen atoms in total. The molecule has 0 fully saturated rings. The average molecular weight is 416 g/mol. The monoisotopic (exact) mass is 416 g/mol. The Kier molecular flexibility index (Phi) is 5.91. The Morgan fingerprint density at radius 2 is 2.04 bits per heavy atom. The molecular weight excluding hydrogens is 403 g/mol. The van der Waals surface area contributed by atoms with Crippen molar-refractivity contribution in [1.29, 1.82) is 0 Å². The zero-order valence-corrected chi connectivity index (χ0v) is 15.0. The van der Waals surface area contributed by atoms with Gasteiger partial charge in [0, 0.05) is 0 Å². The maximum atomic E-state index is 14.1. The summed E-state index contributed by atoms with van der Waals surface area (Å²) in [6.45, 7) is -0.438. The van der Waals surface area contributed by atoms with Gasteiger partial charge in [-0.3, -0.25) is 9.52 Å². The number of hydrogen-bond acceptors (Lipinski definition) is 7. The predicted molar refractivity (Wildman–Crippen MR) is 95.6 cm³/mol. The Labute approximate surface area is 156 Å². The van der Waals surface area contributed by atoms with E-state index in [1.54, 1.807) is 0 Å². The van der Waals surface area contributed by atoms with Gasteiger partial charge in [0.25, 0.3) is 10.0 Å². The maximum absolute atomic E-state index is 14.1. The summed E-state index contributed by atoms with van der Waals surface area (Å²) in [7, 11) is -4.28. The number of rotatable bonds is 7. The molecule has 27 heavy (non-hydrogen) atoms. The minimum Gasteiger partial charge on any atom is -0.476 e. The number of aromatic nitrogens is 1. The molecule has 1 amide bonds. The summed E-state index contributed by atoms with van der Waals surface area (Å²) in [4.78, 5) is 29.1. The summed E-state index contributed by atoms with van der Waals surface area (Å²) in [6.07, 6.45) is 0. The fraction of sp³-hybridized carbons (Fsp3) is 0.0769. The van der Waals surface area contributed by atoms with Gasteiger partial charge in [-0.1, -0.05) is 0 Å². The van der Waals surface area contributed by atoms with Crippen LogP contribution in [-0.2, 0) is 14.8 Å². The Morgan fingerprint density at radius 3 is 2.63 bits per heavy atom. The number of nitrogens with zero attached hydrogens (tertiary/aromatic N) is 2. The predicted octanol–water partition coefficient (Wildman–Crippen LogP) is -0.00690. The van der Waals surface area contributed by atoms with E-state index in [1.165, 1.54) is 0 Å². The number of hydrogen-bond donors (Lipinski definition) is 5. The lowest BCUT2D eigenvalue weighted by Crippen LogP contribution is -2.25. The van der Waals surface area contributed by atoms with Crippen molar-refractivity contribution in [3.05, 3.63) is 35.2 Å². The van der Waals surface area contributed by atoms with Gasteiger partial charge in [-0.2, -0.15) is 0 Å². The Morgan fingerprint density at radius 1 is 1.33 bits per heavy atom. The first kappa shape index (κ1) is 20.1. The van der Waals surface area contributed by atoms with E-state index in [2.05, 4.69) is 15.3 Å². The lowest BCUT2D eigenvalue weighted by molar-refractivity contribution is -0.114. The zero-order chi connectivity index (χ0) is 20.2. The van der Waals surface area contributed by atoms with Crippen molar-refractivity contribution in [2.75, 3.05) is 16.6 Å². The minimum atomic E-state index is -4.28. The Hall–Kier alpha value is -3.26. The van der Waals surface area contributed by atoms with Crippen LogP contribution in [-0.4, -0.2) is 42.9 Å². The van der Waals surface area contributed by atoms with E-state index in [0.29, 0.717) is 6.07 Å². The highest BCUT2D eigenvalue weighted by Crippen LogP contribution is 2.25. The number of guanidine groups is 1. The summed E-state index contributed by atoms with van der Waals surface area (Å²) in [5.74, 6) is -3.48. The standard InChI is InChI=1S/C13H13FN6O5S2/c14-7-3-6(1-2-8(7)19-9(21)4-17-13(15)16)27(24,25)20-11-10(12(22)23)18-5-26-11/h1-3,5,20H,4H2,(H,19,21)(H,22,23)(H4,15,16,17). The van der Waals surface area contributed by atoms with E-state index in [0.717, 1.165) is 29.0 Å². The first-order valence-corrected chi connectivity index (χ1v) is 9.31. The minimum absolute atomic E-state index is 0.225. The van der Waals surface area contributed by atoms with Crippen LogP contribution in [0.4, 0.5) is 15.1 Å². The SMILES string of the molecule is NC(N)=NCC(=O)Nc1ccc(S(=O)(=O)Nc2scnc2C(=O)O)cc1F. The molecule has 0 bridgehead atoms. The van der Waals surface area contributed by atoms with Crippen LogP contribution in [0.15, 0.2) is 33.6 Å². The van der Waals surface area contributed by atoms with Crippen molar-refractivity contribution < 1.29 is 27.5 Å². The van der Waals surface area contributed by atoms with Crippen LogP contribution < -0.4 is 21.5 Å². The number of nitrogens with one attached hydrogen (secondary N) is 2. The maximum Gasteiger partial charge on any atom is 0.357 e. The molecule has 0 aliphatic carbocycles. The second kappa shape index (κ2) is 7.96. The molecule has 14 heteroatoms. The normalized spacial score (nSPS) is 10.9. The molecule has 1 heterocycles. The molecule has 144 valence electrons. The van der Waals surface area contributed by atoms with Gasteiger partial charge in [0.15, 0.2) is 11.7 Å². The molecule has 1 aromatic heterocycles. The average Bonchev–Trinajstić information content (AvgIpc) is 3.02. The number of benzene rings is 1. The Bertz CT molecular complexity index is 1020. The molecule has 0 atom stereocenters. The van der Waals surface area contributed by atoms with Crippen LogP contribution in [0.1, 0.15) is 10.5 Å². The fourth-order valence-corrected chi connectivity index (χ4v) is 3.77. The number of carbonyl (C=O) groups is 2. The van der Waals surface area contributed by atoms with Gasteiger partial charge in [-0.25, -0.2) is 27.6 Å². The summed E-state index contributed by atoms with van der Waals surface area (Å²) in [6, 6.07) is 2.73. The molecule has 0 aliphatic heterocycles. The van der Waals surface area contributed by atoms with Crippen molar-refractivity contribution in [3.63, 3.8) is 0 Å². The second-order valence-corrected chi connectivity index (χ2v) is 7.41. The van der Waals surface area contributed by atoms with Crippen LogP contribution in [0, 0.1) is 5.82 Å². The van der Waals surface area contributed by atoms with Gasteiger partial charge in [0.05, 0.1) is 16.1 Å². The summed E-state index contributed by atoms with van der Waals surface area (Å²) in [5.41, 5.74) is 10.5. The van der Waals surface area contributed by atoms with Gasteiger partial charge < -0.3 is 21.9 Å². The third-order valence-corrected chi connectivity index (χ3v) is 5.15. The number of carbonyl (C=O) groups excluding carboxylic acids is 1. The molecule has 7 N–H and O–H groups in total. The summed E-state index contributed by atoms with van der Waals surface area (Å²) >= 11 is 0.757. The molecule has 0 spiro atoms. The summed E-state index contributed by atoms with van der Waals surface area (Å²) < 4.78 is 40.8. The van der Waals surface area contributed by atoms with Crippen molar-refractivity contribution in [2.24, 2.45) is 16.5 Å². The van der Waals surface area contributed by atoms with Crippen molar-refractivity contribution in [3.8, 4) is 0 Å². The summed E-state index contributed by atoms with van der Waals surface area (Å²) in [5, 5.41) is 10.9. The van der Waals surface area contributed by atoms with Crippen LogP contribution in [0.5, 0.6) is 0 Å². The fourth-order valence-electron chi connectivity index (χ4n) is 1.77. The van der Waals surface area contributed by atoms with Gasteiger partial charge in [0.1, 0.15) is 17.4 Å². The number of carboxylic acid groups (broad SMARTS) is 1. The quantitative estimate of drug-likeness (QED) is 0.307. The van der Waals surface area contributed by atoms with Crippen LogP contribution >= 0.6 is 11.3 Å². The highest BCUT2D eigenvalue weighted by Gasteiger charge is 2.22. The van der Waals surface area contributed by atoms with Crippen molar-refractivity contribution >= 4 is 49.9 Å². The third kappa shape index (κ3) is 5.11. The van der Waals surface area contributed by atoms with Crippen LogP contribution in [0.25, 0.3) is 0 Å². The lowest BCUT2D eigenvalue weighted by Gasteiger charge is -2.09. The topological polar surface area (TPSA) is 190 Å². The molecule has 0 aliphatic rings. The van der Waals surface area contributed by atoms with Gasteiger partial charge in [0.2, 0.25) is 5.91 Å². The number of thiazole rings is 1. The molecule has 0 unspecified atom stereocenters. The first-order chi connectivity index (χ1) is 12.6. The Balaban J connectivity index is 2.20. The zero-order valence-electron chi connectivity index (χ0n) is 13.3. The smallest absolute Gasteiger partial charge is 0.357 e. The molecule has 1 aromatic carbocycles. The first-order valence-electron chi connectivity index (χ1n) is 6.94. The molecule has 0 radical (unpaired) electrons. The van der Waals surface area contributed by atoms with Gasteiger partial charge in [-0.15, -0.1) is 11.3 Å². The van der Waals surface area contributed by atoms with Crippen molar-refractivity contribution in [2.45, 2.75) is 4.90 Å². The number of carboxylic acids is 1. The van der Waals surface area contributed by atoms with Gasteiger partial charge in [-0.05, 0) is 18.2 Å². The number of aliphatic imine (C=N–C) groups is 1. The van der Waals surface area contributed by atoms with E-state index in [1.807, 2.05) is 4.72 Å². The number of amides is 1. The van der Waals surface area contributed by atoms with Gasteiger partial charge >= 0.3 is 5.97 Å². The largest absolute Gasteiger partial charge is 0.476 e. The second-order valence-electron chi connectivity index (χ2n) is 4.87. The number of anilines is 2. The van der Waals surface area contributed by atoms with E-state index in [-0.39, 0.29) is 16.6 Å². The molecule has 0 saturated heterocycles. The lowest BCUT2D eigenvalue weighted by atomic mass is 10.3. The number of halogens is 1. The van der Waals surface area contributed by atoms with E-state index in [9.17, 15) is 22.4 Å². The molecule has 0 saturated carbocycles. The number of nitrogens with two attached hydrogens (primary N) is 2. The number of aromatic carboxylic acids is 1. The highest BCUT2D eigenvalue weighted by molar-refractivity contribution is 7.93. The molecule has 2 rings (SSSR count). The highest BCUT2D eigenvalue weighted by atomic mass is 32.2.